The summed E-state index contributed by atoms with van der Waals surface area (Å²) in [6.45, 7) is 0.720. The lowest BCUT2D eigenvalue weighted by molar-refractivity contribution is 0.0946. The van der Waals surface area contributed by atoms with E-state index in [1.165, 1.54) is 0 Å². The summed E-state index contributed by atoms with van der Waals surface area (Å²) in [5.74, 6) is 0.0176. The fourth-order valence-corrected chi connectivity index (χ4v) is 2.92. The second kappa shape index (κ2) is 5.88. The third kappa shape index (κ3) is 2.80. The number of hydrogen-bond donors (Lipinski definition) is 2. The molecule has 3 rings (SSSR count). The van der Waals surface area contributed by atoms with E-state index in [4.69, 9.17) is 11.6 Å². The molecular formula is C17H17ClN2O. The van der Waals surface area contributed by atoms with E-state index in [0.717, 1.165) is 40.2 Å². The van der Waals surface area contributed by atoms with Crippen LogP contribution < -0.4 is 10.6 Å². The summed E-state index contributed by atoms with van der Waals surface area (Å²) < 4.78 is 0. The highest BCUT2D eigenvalue weighted by Crippen LogP contribution is 2.26. The van der Waals surface area contributed by atoms with Crippen LogP contribution in [-0.4, -0.2) is 19.5 Å². The van der Waals surface area contributed by atoms with Gasteiger partial charge in [0.15, 0.2) is 0 Å². The van der Waals surface area contributed by atoms with Crippen LogP contribution >= 0.6 is 11.6 Å². The van der Waals surface area contributed by atoms with E-state index in [1.807, 2.05) is 37.4 Å². The summed E-state index contributed by atoms with van der Waals surface area (Å²) in [4.78, 5) is 12.0. The molecule has 0 saturated carbocycles. The molecule has 0 spiro atoms. The van der Waals surface area contributed by atoms with Crippen molar-refractivity contribution in [2.75, 3.05) is 13.6 Å². The van der Waals surface area contributed by atoms with Gasteiger partial charge >= 0.3 is 0 Å². The molecule has 0 radical (unpaired) electrons. The Morgan fingerprint density at radius 3 is 2.57 bits per heavy atom. The molecule has 1 heterocycles. The van der Waals surface area contributed by atoms with Gasteiger partial charge in [0.25, 0.3) is 5.91 Å². The molecular weight excluding hydrogens is 284 g/mol. The second-order valence-corrected chi connectivity index (χ2v) is 5.63. The van der Waals surface area contributed by atoms with E-state index >= 15 is 0 Å². The molecule has 0 aliphatic carbocycles. The maximum Gasteiger partial charge on any atom is 0.251 e. The van der Waals surface area contributed by atoms with Gasteiger partial charge in [-0.25, -0.2) is 0 Å². The van der Waals surface area contributed by atoms with Gasteiger partial charge in [-0.3, -0.25) is 4.79 Å². The number of carbonyl (C=O) groups excluding carboxylic acids is 1. The zero-order valence-electron chi connectivity index (χ0n) is 11.8. The molecule has 2 N–H and O–H groups in total. The van der Waals surface area contributed by atoms with Gasteiger partial charge in [-0.2, -0.15) is 0 Å². The first-order valence-corrected chi connectivity index (χ1v) is 7.40. The van der Waals surface area contributed by atoms with Gasteiger partial charge in [-0.1, -0.05) is 35.9 Å². The van der Waals surface area contributed by atoms with Crippen LogP contribution in [0.4, 0.5) is 0 Å². The minimum Gasteiger partial charge on any atom is -0.352 e. The molecule has 2 aromatic carbocycles. The van der Waals surface area contributed by atoms with Crippen LogP contribution in [0.25, 0.3) is 0 Å². The zero-order chi connectivity index (χ0) is 14.8. The number of benzene rings is 2. The molecule has 4 heteroatoms. The van der Waals surface area contributed by atoms with Crippen LogP contribution in [0.5, 0.6) is 0 Å². The highest BCUT2D eigenvalue weighted by Gasteiger charge is 2.19. The Bertz CT molecular complexity index is 667. The third-order valence-corrected chi connectivity index (χ3v) is 4.14. The number of carbonyl (C=O) groups is 1. The predicted octanol–water partition coefficient (Wildman–Crippen LogP) is 2.93. The van der Waals surface area contributed by atoms with Crippen LogP contribution in [-0.2, 0) is 6.42 Å². The van der Waals surface area contributed by atoms with E-state index in [-0.39, 0.29) is 11.9 Å². The number of nitrogens with one attached hydrogen (secondary N) is 2. The van der Waals surface area contributed by atoms with Crippen LogP contribution in [0.15, 0.2) is 42.5 Å². The highest BCUT2D eigenvalue weighted by molar-refractivity contribution is 6.30. The van der Waals surface area contributed by atoms with E-state index in [1.54, 1.807) is 0 Å². The lowest BCUT2D eigenvalue weighted by Crippen LogP contribution is -2.32. The Kier molecular flexibility index (Phi) is 3.95. The topological polar surface area (TPSA) is 41.1 Å². The summed E-state index contributed by atoms with van der Waals surface area (Å²) in [5.41, 5.74) is 4.11. The second-order valence-electron chi connectivity index (χ2n) is 5.20. The Labute approximate surface area is 129 Å². The zero-order valence-corrected chi connectivity index (χ0v) is 12.6. The van der Waals surface area contributed by atoms with Crippen molar-refractivity contribution in [1.29, 1.82) is 0 Å². The number of hydrogen-bond acceptors (Lipinski definition) is 2. The molecule has 0 bridgehead atoms. The molecule has 0 fully saturated rings. The van der Waals surface area contributed by atoms with E-state index in [0.29, 0.717) is 0 Å². The smallest absolute Gasteiger partial charge is 0.251 e. The molecule has 108 valence electrons. The van der Waals surface area contributed by atoms with E-state index < -0.39 is 0 Å². The minimum absolute atomic E-state index is 0.0176. The molecule has 1 atom stereocenters. The number of fused-ring (bicyclic) bond motifs is 1. The van der Waals surface area contributed by atoms with Gasteiger partial charge in [0.2, 0.25) is 0 Å². The minimum atomic E-state index is 0.0176. The van der Waals surface area contributed by atoms with E-state index in [9.17, 15) is 4.79 Å². The largest absolute Gasteiger partial charge is 0.352 e. The summed E-state index contributed by atoms with van der Waals surface area (Å²) >= 11 is 5.95. The number of halogens is 1. The van der Waals surface area contributed by atoms with Crippen molar-refractivity contribution < 1.29 is 4.79 Å². The fraction of sp³-hybridized carbons (Fsp3) is 0.235. The normalized spacial score (nSPS) is 15.2. The standard InChI is InChI=1S/C17H17ClN2O/c1-19-16(12-4-6-14(18)7-5-12)13-3-2-11-8-9-20-17(21)15(11)10-13/h2-7,10,16,19H,8-9H2,1H3,(H,20,21). The van der Waals surface area contributed by atoms with Crippen LogP contribution in [0, 0.1) is 0 Å². The monoisotopic (exact) mass is 300 g/mol. The van der Waals surface area contributed by atoms with Crippen molar-refractivity contribution in [2.45, 2.75) is 12.5 Å². The first-order chi connectivity index (χ1) is 10.2. The molecule has 2 aromatic rings. The average molecular weight is 301 g/mol. The first-order valence-electron chi connectivity index (χ1n) is 7.03. The Balaban J connectivity index is 1.99. The van der Waals surface area contributed by atoms with Gasteiger partial charge in [0.1, 0.15) is 0 Å². The Morgan fingerprint density at radius 2 is 1.86 bits per heavy atom. The van der Waals surface area contributed by atoms with Gasteiger partial charge in [0.05, 0.1) is 6.04 Å². The summed E-state index contributed by atoms with van der Waals surface area (Å²) in [6.07, 6.45) is 0.895. The fourth-order valence-electron chi connectivity index (χ4n) is 2.79. The molecule has 0 saturated heterocycles. The molecule has 0 aromatic heterocycles. The molecule has 21 heavy (non-hydrogen) atoms. The maximum atomic E-state index is 12.0. The lowest BCUT2D eigenvalue weighted by atomic mass is 9.92. The SMILES string of the molecule is CNC(c1ccc(Cl)cc1)c1ccc2c(c1)C(=O)NCC2. The molecule has 1 aliphatic rings. The van der Waals surface area contributed by atoms with Crippen LogP contribution in [0.2, 0.25) is 5.02 Å². The van der Waals surface area contributed by atoms with Crippen molar-refractivity contribution in [1.82, 2.24) is 10.6 Å². The van der Waals surface area contributed by atoms with E-state index in [2.05, 4.69) is 22.8 Å². The van der Waals surface area contributed by atoms with Gasteiger partial charge in [-0.15, -0.1) is 0 Å². The number of rotatable bonds is 3. The van der Waals surface area contributed by atoms with Gasteiger partial charge < -0.3 is 10.6 Å². The molecule has 1 aliphatic heterocycles. The van der Waals surface area contributed by atoms with Crippen molar-refractivity contribution in [3.8, 4) is 0 Å². The van der Waals surface area contributed by atoms with Crippen molar-refractivity contribution in [3.63, 3.8) is 0 Å². The molecule has 3 nitrogen and oxygen atoms in total. The predicted molar refractivity (Wildman–Crippen MR) is 84.8 cm³/mol. The van der Waals surface area contributed by atoms with Crippen LogP contribution in [0.3, 0.4) is 0 Å². The van der Waals surface area contributed by atoms with Crippen LogP contribution in [0.1, 0.15) is 33.1 Å². The van der Waals surface area contributed by atoms with Gasteiger partial charge in [0, 0.05) is 17.1 Å². The lowest BCUT2D eigenvalue weighted by Gasteiger charge is -2.21. The third-order valence-electron chi connectivity index (χ3n) is 3.88. The summed E-state index contributed by atoms with van der Waals surface area (Å²) in [5, 5.41) is 6.91. The van der Waals surface area contributed by atoms with Gasteiger partial charge in [-0.05, 0) is 48.4 Å². The quantitative estimate of drug-likeness (QED) is 0.915. The van der Waals surface area contributed by atoms with Crippen molar-refractivity contribution in [3.05, 3.63) is 69.7 Å². The average Bonchev–Trinajstić information content (AvgIpc) is 2.51. The number of amides is 1. The maximum absolute atomic E-state index is 12.0. The first kappa shape index (κ1) is 14.1. The molecule has 1 unspecified atom stereocenters. The summed E-state index contributed by atoms with van der Waals surface area (Å²) in [6, 6.07) is 13.9. The highest BCUT2D eigenvalue weighted by atomic mass is 35.5. The molecule has 1 amide bonds. The summed E-state index contributed by atoms with van der Waals surface area (Å²) in [7, 11) is 1.92. The Hall–Kier alpha value is -1.84. The van der Waals surface area contributed by atoms with Crippen molar-refractivity contribution in [2.24, 2.45) is 0 Å². The Morgan fingerprint density at radius 1 is 1.14 bits per heavy atom. The van der Waals surface area contributed by atoms with Crippen molar-refractivity contribution >= 4 is 17.5 Å².